The molecule has 1 amide bonds. The second kappa shape index (κ2) is 7.49. The van der Waals surface area contributed by atoms with Gasteiger partial charge < -0.3 is 10.6 Å². The molecule has 2 rings (SSSR count). The predicted octanol–water partition coefficient (Wildman–Crippen LogP) is 2.95. The van der Waals surface area contributed by atoms with Crippen molar-refractivity contribution in [3.8, 4) is 0 Å². The fourth-order valence-corrected chi connectivity index (χ4v) is 1.85. The zero-order valence-electron chi connectivity index (χ0n) is 13.5. The molecule has 1 aromatic heterocycles. The Morgan fingerprint density at radius 3 is 2.35 bits per heavy atom. The fourth-order valence-electron chi connectivity index (χ4n) is 1.85. The maximum Gasteiger partial charge on any atom is 0.271 e. The van der Waals surface area contributed by atoms with Crippen molar-refractivity contribution in [1.82, 2.24) is 15.3 Å². The monoisotopic (exact) mass is 312 g/mol. The van der Waals surface area contributed by atoms with Crippen LogP contribution in [0.25, 0.3) is 0 Å². The van der Waals surface area contributed by atoms with E-state index in [1.165, 1.54) is 19.3 Å². The summed E-state index contributed by atoms with van der Waals surface area (Å²) in [6.07, 6.45) is 3.80. The molecule has 6 heteroatoms. The minimum atomic E-state index is -0.232. The van der Waals surface area contributed by atoms with E-state index in [0.717, 1.165) is 12.1 Å². The van der Waals surface area contributed by atoms with Gasteiger partial charge in [-0.05, 0) is 44.5 Å². The Labute approximate surface area is 135 Å². The molecule has 0 saturated carbocycles. The highest BCUT2D eigenvalue weighted by Crippen LogP contribution is 2.15. The lowest BCUT2D eigenvalue weighted by atomic mass is 10.1. The number of ketones is 1. The van der Waals surface area contributed by atoms with Gasteiger partial charge in [0, 0.05) is 17.3 Å². The minimum absolute atomic E-state index is 0.0213. The smallest absolute Gasteiger partial charge is 0.271 e. The van der Waals surface area contributed by atoms with Crippen LogP contribution < -0.4 is 10.6 Å². The van der Waals surface area contributed by atoms with E-state index in [1.54, 1.807) is 24.3 Å². The molecular weight excluding hydrogens is 292 g/mol. The zero-order chi connectivity index (χ0) is 16.8. The number of amides is 1. The first-order valence-electron chi connectivity index (χ1n) is 7.50. The van der Waals surface area contributed by atoms with E-state index < -0.39 is 0 Å². The summed E-state index contributed by atoms with van der Waals surface area (Å²) in [4.78, 5) is 31.5. The molecule has 0 aliphatic heterocycles. The van der Waals surface area contributed by atoms with E-state index in [0.29, 0.717) is 11.4 Å². The Morgan fingerprint density at radius 1 is 1.13 bits per heavy atom. The summed E-state index contributed by atoms with van der Waals surface area (Å²) in [7, 11) is 0. The topological polar surface area (TPSA) is 84.0 Å². The molecule has 0 spiro atoms. The third-order valence-electron chi connectivity index (χ3n) is 3.44. The van der Waals surface area contributed by atoms with E-state index in [4.69, 9.17) is 0 Å². The number of anilines is 2. The Hall–Kier alpha value is -2.76. The summed E-state index contributed by atoms with van der Waals surface area (Å²) < 4.78 is 0. The van der Waals surface area contributed by atoms with E-state index in [-0.39, 0.29) is 23.4 Å². The quantitative estimate of drug-likeness (QED) is 0.801. The largest absolute Gasteiger partial charge is 0.348 e. The first-order chi connectivity index (χ1) is 11.0. The van der Waals surface area contributed by atoms with Crippen LogP contribution in [-0.4, -0.2) is 27.7 Å². The molecule has 0 radical (unpaired) electrons. The molecule has 2 N–H and O–H groups in total. The van der Waals surface area contributed by atoms with Crippen molar-refractivity contribution in [2.45, 2.75) is 33.2 Å². The van der Waals surface area contributed by atoms with Crippen molar-refractivity contribution in [3.63, 3.8) is 0 Å². The number of carbonyl (C=O) groups is 2. The number of carbonyl (C=O) groups excluding carboxylic acids is 2. The van der Waals surface area contributed by atoms with Crippen molar-refractivity contribution >= 4 is 23.2 Å². The average molecular weight is 312 g/mol. The summed E-state index contributed by atoms with van der Waals surface area (Å²) in [5, 5.41) is 5.91. The van der Waals surface area contributed by atoms with E-state index >= 15 is 0 Å². The molecule has 0 saturated heterocycles. The van der Waals surface area contributed by atoms with Crippen LogP contribution in [0.1, 0.15) is 48.0 Å². The Kier molecular flexibility index (Phi) is 5.41. The summed E-state index contributed by atoms with van der Waals surface area (Å²) in [6.45, 7) is 5.46. The summed E-state index contributed by atoms with van der Waals surface area (Å²) in [6, 6.07) is 7.17. The van der Waals surface area contributed by atoms with Crippen LogP contribution in [0.15, 0.2) is 36.7 Å². The van der Waals surface area contributed by atoms with Gasteiger partial charge in [0.15, 0.2) is 5.78 Å². The third-order valence-corrected chi connectivity index (χ3v) is 3.44. The van der Waals surface area contributed by atoms with Gasteiger partial charge in [-0.1, -0.05) is 6.92 Å². The molecule has 6 nitrogen and oxygen atoms in total. The van der Waals surface area contributed by atoms with E-state index in [2.05, 4.69) is 20.6 Å². The zero-order valence-corrected chi connectivity index (χ0v) is 13.5. The van der Waals surface area contributed by atoms with E-state index in [9.17, 15) is 9.59 Å². The molecular formula is C17H20N4O2. The molecule has 2 aromatic rings. The van der Waals surface area contributed by atoms with Gasteiger partial charge >= 0.3 is 0 Å². The highest BCUT2D eigenvalue weighted by molar-refractivity contribution is 5.94. The van der Waals surface area contributed by atoms with Gasteiger partial charge in [-0.25, -0.2) is 9.97 Å². The average Bonchev–Trinajstić information content (AvgIpc) is 2.55. The normalized spacial score (nSPS) is 11.6. The number of benzene rings is 1. The SMILES string of the molecule is CCC(C)NC(=O)c1cnc(Nc2ccc(C(C)=O)cc2)cn1. The van der Waals surface area contributed by atoms with Gasteiger partial charge in [-0.15, -0.1) is 0 Å². The molecule has 0 aliphatic carbocycles. The molecule has 120 valence electrons. The van der Waals surface area contributed by atoms with Crippen molar-refractivity contribution in [1.29, 1.82) is 0 Å². The number of aromatic nitrogens is 2. The summed E-state index contributed by atoms with van der Waals surface area (Å²) in [5.41, 5.74) is 1.72. The van der Waals surface area contributed by atoms with Crippen LogP contribution in [0.5, 0.6) is 0 Å². The van der Waals surface area contributed by atoms with Crippen LogP contribution in [0.3, 0.4) is 0 Å². The maximum absolute atomic E-state index is 11.9. The lowest BCUT2D eigenvalue weighted by molar-refractivity contribution is 0.0933. The molecule has 0 bridgehead atoms. The standard InChI is InChI=1S/C17H20N4O2/c1-4-11(2)20-17(23)15-9-19-16(10-18-15)21-14-7-5-13(6-8-14)12(3)22/h5-11H,4H2,1-3H3,(H,19,21)(H,20,23). The van der Waals surface area contributed by atoms with Gasteiger partial charge in [-0.3, -0.25) is 9.59 Å². The predicted molar refractivity (Wildman–Crippen MR) is 89.0 cm³/mol. The molecule has 1 aromatic carbocycles. The van der Waals surface area contributed by atoms with Gasteiger partial charge in [0.2, 0.25) is 0 Å². The number of nitrogens with one attached hydrogen (secondary N) is 2. The number of rotatable bonds is 6. The number of Topliss-reactive ketones (excluding diaryl/α,β-unsaturated/α-hetero) is 1. The highest BCUT2D eigenvalue weighted by Gasteiger charge is 2.10. The minimum Gasteiger partial charge on any atom is -0.348 e. The molecule has 1 unspecified atom stereocenters. The Balaban J connectivity index is 2.02. The molecule has 1 atom stereocenters. The van der Waals surface area contributed by atoms with Gasteiger partial charge in [-0.2, -0.15) is 0 Å². The second-order valence-corrected chi connectivity index (χ2v) is 5.33. The summed E-state index contributed by atoms with van der Waals surface area (Å²) >= 11 is 0. The first kappa shape index (κ1) is 16.6. The maximum atomic E-state index is 11.9. The van der Waals surface area contributed by atoms with Crippen molar-refractivity contribution in [2.24, 2.45) is 0 Å². The van der Waals surface area contributed by atoms with E-state index in [1.807, 2.05) is 13.8 Å². The van der Waals surface area contributed by atoms with Crippen molar-refractivity contribution in [3.05, 3.63) is 47.9 Å². The van der Waals surface area contributed by atoms with Crippen molar-refractivity contribution in [2.75, 3.05) is 5.32 Å². The number of hydrogen-bond acceptors (Lipinski definition) is 5. The highest BCUT2D eigenvalue weighted by atomic mass is 16.2. The second-order valence-electron chi connectivity index (χ2n) is 5.33. The fraction of sp³-hybridized carbons (Fsp3) is 0.294. The molecule has 1 heterocycles. The van der Waals surface area contributed by atoms with Crippen LogP contribution in [-0.2, 0) is 0 Å². The van der Waals surface area contributed by atoms with Crippen molar-refractivity contribution < 1.29 is 9.59 Å². The van der Waals surface area contributed by atoms with Crippen LogP contribution >= 0.6 is 0 Å². The van der Waals surface area contributed by atoms with Gasteiger partial charge in [0.1, 0.15) is 11.5 Å². The Bertz CT molecular complexity index is 681. The number of nitrogens with zero attached hydrogens (tertiary/aromatic N) is 2. The van der Waals surface area contributed by atoms with Gasteiger partial charge in [0.25, 0.3) is 5.91 Å². The lowest BCUT2D eigenvalue weighted by Gasteiger charge is -2.11. The lowest BCUT2D eigenvalue weighted by Crippen LogP contribution is -2.32. The Morgan fingerprint density at radius 2 is 1.83 bits per heavy atom. The van der Waals surface area contributed by atoms with Crippen LogP contribution in [0, 0.1) is 0 Å². The van der Waals surface area contributed by atoms with Crippen LogP contribution in [0.2, 0.25) is 0 Å². The summed E-state index contributed by atoms with van der Waals surface area (Å²) in [5.74, 6) is 0.317. The van der Waals surface area contributed by atoms with Crippen LogP contribution in [0.4, 0.5) is 11.5 Å². The molecule has 0 aliphatic rings. The van der Waals surface area contributed by atoms with Gasteiger partial charge in [0.05, 0.1) is 12.4 Å². The first-order valence-corrected chi connectivity index (χ1v) is 7.50. The number of hydrogen-bond donors (Lipinski definition) is 2. The molecule has 0 fully saturated rings. The third kappa shape index (κ3) is 4.60. The molecule has 23 heavy (non-hydrogen) atoms.